The van der Waals surface area contributed by atoms with Crippen LogP contribution in [0.2, 0.25) is 0 Å². The van der Waals surface area contributed by atoms with Crippen LogP contribution in [0.15, 0.2) is 24.3 Å². The van der Waals surface area contributed by atoms with Crippen LogP contribution in [0.1, 0.15) is 56.9 Å². The van der Waals surface area contributed by atoms with E-state index in [1.807, 2.05) is 12.1 Å². The highest BCUT2D eigenvalue weighted by atomic mass is 16.5. The average Bonchev–Trinajstić information content (AvgIpc) is 2.54. The van der Waals surface area contributed by atoms with Crippen LogP contribution in [0.5, 0.6) is 5.75 Å². The first-order chi connectivity index (χ1) is 10.6. The van der Waals surface area contributed by atoms with E-state index in [4.69, 9.17) is 9.84 Å². The molecule has 122 valence electrons. The lowest BCUT2D eigenvalue weighted by Crippen LogP contribution is -2.22. The molecule has 1 fully saturated rings. The Labute approximate surface area is 132 Å². The second-order valence-electron chi connectivity index (χ2n) is 6.31. The molecule has 1 aromatic carbocycles. The molecule has 2 rings (SSSR count). The summed E-state index contributed by atoms with van der Waals surface area (Å²) in [7, 11) is 0. The molecule has 0 bridgehead atoms. The molecule has 0 heterocycles. The first-order valence-electron chi connectivity index (χ1n) is 8.34. The number of benzene rings is 1. The van der Waals surface area contributed by atoms with E-state index in [1.54, 1.807) is 0 Å². The fourth-order valence-electron chi connectivity index (χ4n) is 3.04. The average molecular weight is 305 g/mol. The van der Waals surface area contributed by atoms with Crippen molar-refractivity contribution in [2.24, 2.45) is 5.92 Å². The van der Waals surface area contributed by atoms with E-state index in [0.29, 0.717) is 18.4 Å². The normalized spacial score (nSPS) is 17.0. The summed E-state index contributed by atoms with van der Waals surface area (Å²) in [6.07, 6.45) is 6.44. The van der Waals surface area contributed by atoms with Crippen LogP contribution in [0.4, 0.5) is 4.79 Å². The summed E-state index contributed by atoms with van der Waals surface area (Å²) in [6.45, 7) is 3.41. The van der Waals surface area contributed by atoms with E-state index in [9.17, 15) is 4.79 Å². The molecule has 0 aliphatic heterocycles. The minimum atomic E-state index is -0.961. The summed E-state index contributed by atoms with van der Waals surface area (Å²) < 4.78 is 5.97. The minimum absolute atomic E-state index is 0.310. The topological polar surface area (TPSA) is 58.6 Å². The fourth-order valence-corrected chi connectivity index (χ4v) is 3.04. The molecule has 0 spiro atoms. The van der Waals surface area contributed by atoms with Crippen molar-refractivity contribution in [1.82, 2.24) is 5.32 Å². The highest BCUT2D eigenvalue weighted by Crippen LogP contribution is 2.26. The Morgan fingerprint density at radius 3 is 2.86 bits per heavy atom. The maximum atomic E-state index is 10.5. The maximum absolute atomic E-state index is 10.5. The zero-order chi connectivity index (χ0) is 15.8. The molecule has 1 aliphatic carbocycles. The molecule has 0 radical (unpaired) electrons. The van der Waals surface area contributed by atoms with E-state index in [0.717, 1.165) is 18.8 Å². The van der Waals surface area contributed by atoms with Crippen molar-refractivity contribution in [3.63, 3.8) is 0 Å². The van der Waals surface area contributed by atoms with Gasteiger partial charge in [0.15, 0.2) is 0 Å². The lowest BCUT2D eigenvalue weighted by molar-refractivity contribution is 0.194. The van der Waals surface area contributed by atoms with Gasteiger partial charge in [0.05, 0.1) is 6.61 Å². The van der Waals surface area contributed by atoms with Crippen molar-refractivity contribution in [1.29, 1.82) is 0 Å². The zero-order valence-corrected chi connectivity index (χ0v) is 13.4. The Kier molecular flexibility index (Phi) is 6.56. The minimum Gasteiger partial charge on any atom is -0.493 e. The van der Waals surface area contributed by atoms with Crippen molar-refractivity contribution >= 4 is 6.09 Å². The predicted octanol–water partition coefficient (Wildman–Crippen LogP) is 4.41. The van der Waals surface area contributed by atoms with Gasteiger partial charge in [-0.1, -0.05) is 38.3 Å². The Morgan fingerprint density at radius 2 is 2.14 bits per heavy atom. The number of nitrogens with one attached hydrogen (secondary N) is 1. The smallest absolute Gasteiger partial charge is 0.404 e. The second kappa shape index (κ2) is 8.66. The van der Waals surface area contributed by atoms with E-state index in [2.05, 4.69) is 24.4 Å². The molecule has 1 saturated carbocycles. The van der Waals surface area contributed by atoms with Gasteiger partial charge < -0.3 is 15.2 Å². The second-order valence-corrected chi connectivity index (χ2v) is 6.31. The third-order valence-corrected chi connectivity index (χ3v) is 4.49. The molecule has 4 heteroatoms. The summed E-state index contributed by atoms with van der Waals surface area (Å²) in [5.74, 6) is 1.95. The predicted molar refractivity (Wildman–Crippen MR) is 87.6 cm³/mol. The number of rotatable bonds is 7. The summed E-state index contributed by atoms with van der Waals surface area (Å²) in [5, 5.41) is 11.0. The van der Waals surface area contributed by atoms with Crippen LogP contribution < -0.4 is 10.1 Å². The SMILES string of the molecule is CC(CCNC(=O)O)c1cccc(OCC2CCCCC2)c1. The first-order valence-corrected chi connectivity index (χ1v) is 8.34. The summed E-state index contributed by atoms with van der Waals surface area (Å²) >= 11 is 0. The fraction of sp³-hybridized carbons (Fsp3) is 0.611. The summed E-state index contributed by atoms with van der Waals surface area (Å²) in [4.78, 5) is 10.5. The number of carbonyl (C=O) groups is 1. The Hall–Kier alpha value is -1.71. The largest absolute Gasteiger partial charge is 0.493 e. The Morgan fingerprint density at radius 1 is 1.36 bits per heavy atom. The van der Waals surface area contributed by atoms with Crippen LogP contribution in [0, 0.1) is 5.92 Å². The molecule has 22 heavy (non-hydrogen) atoms. The van der Waals surface area contributed by atoms with Gasteiger partial charge in [-0.3, -0.25) is 0 Å². The van der Waals surface area contributed by atoms with Crippen LogP contribution >= 0.6 is 0 Å². The maximum Gasteiger partial charge on any atom is 0.404 e. The molecule has 1 aliphatic rings. The van der Waals surface area contributed by atoms with Gasteiger partial charge in [0, 0.05) is 6.54 Å². The third kappa shape index (κ3) is 5.58. The van der Waals surface area contributed by atoms with Gasteiger partial charge in [0.25, 0.3) is 0 Å². The molecule has 1 atom stereocenters. The first kappa shape index (κ1) is 16.7. The molecule has 1 unspecified atom stereocenters. The van der Waals surface area contributed by atoms with Crippen LogP contribution in [-0.4, -0.2) is 24.4 Å². The number of ether oxygens (including phenoxy) is 1. The number of hydrogen-bond donors (Lipinski definition) is 2. The van der Waals surface area contributed by atoms with Crippen LogP contribution in [0.25, 0.3) is 0 Å². The highest BCUT2D eigenvalue weighted by molar-refractivity contribution is 5.64. The Balaban J connectivity index is 1.81. The van der Waals surface area contributed by atoms with Crippen molar-refractivity contribution in [2.45, 2.75) is 51.4 Å². The van der Waals surface area contributed by atoms with Crippen molar-refractivity contribution in [3.05, 3.63) is 29.8 Å². The van der Waals surface area contributed by atoms with Crippen molar-refractivity contribution in [3.8, 4) is 5.75 Å². The van der Waals surface area contributed by atoms with Gasteiger partial charge in [-0.2, -0.15) is 0 Å². The van der Waals surface area contributed by atoms with Crippen molar-refractivity contribution in [2.75, 3.05) is 13.2 Å². The van der Waals surface area contributed by atoms with E-state index in [1.165, 1.54) is 37.7 Å². The number of hydrogen-bond acceptors (Lipinski definition) is 2. The molecule has 1 amide bonds. The van der Waals surface area contributed by atoms with Gasteiger partial charge in [-0.05, 0) is 48.8 Å². The third-order valence-electron chi connectivity index (χ3n) is 4.49. The number of carboxylic acid groups (broad SMARTS) is 1. The summed E-state index contributed by atoms with van der Waals surface area (Å²) in [5.41, 5.74) is 1.20. The van der Waals surface area contributed by atoms with Crippen LogP contribution in [-0.2, 0) is 0 Å². The Bertz CT molecular complexity index is 469. The van der Waals surface area contributed by atoms with Gasteiger partial charge in [-0.15, -0.1) is 0 Å². The molecule has 4 nitrogen and oxygen atoms in total. The molecular weight excluding hydrogens is 278 g/mol. The van der Waals surface area contributed by atoms with E-state index >= 15 is 0 Å². The lowest BCUT2D eigenvalue weighted by atomic mass is 9.90. The van der Waals surface area contributed by atoms with Crippen molar-refractivity contribution < 1.29 is 14.6 Å². The van der Waals surface area contributed by atoms with Gasteiger partial charge in [0.1, 0.15) is 5.75 Å². The molecule has 1 aromatic rings. The van der Waals surface area contributed by atoms with E-state index in [-0.39, 0.29) is 0 Å². The quantitative estimate of drug-likeness (QED) is 0.784. The van der Waals surface area contributed by atoms with Gasteiger partial charge in [-0.25, -0.2) is 4.79 Å². The van der Waals surface area contributed by atoms with Gasteiger partial charge >= 0.3 is 6.09 Å². The highest BCUT2D eigenvalue weighted by Gasteiger charge is 2.14. The molecule has 0 aromatic heterocycles. The van der Waals surface area contributed by atoms with E-state index < -0.39 is 6.09 Å². The lowest BCUT2D eigenvalue weighted by Gasteiger charge is -2.22. The van der Waals surface area contributed by atoms with Crippen LogP contribution in [0.3, 0.4) is 0 Å². The zero-order valence-electron chi connectivity index (χ0n) is 13.4. The van der Waals surface area contributed by atoms with Gasteiger partial charge in [0.2, 0.25) is 0 Å². The standard InChI is InChI=1S/C18H27NO3/c1-14(10-11-19-18(20)21)16-8-5-9-17(12-16)22-13-15-6-3-2-4-7-15/h5,8-9,12,14-15,19H,2-4,6-7,10-11,13H2,1H3,(H,20,21). The molecule has 0 saturated heterocycles. The number of amides is 1. The molecular formula is C18H27NO3. The molecule has 2 N–H and O–H groups in total. The summed E-state index contributed by atoms with van der Waals surface area (Å²) in [6, 6.07) is 8.20. The monoisotopic (exact) mass is 305 g/mol.